The minimum Gasteiger partial charge on any atom is -0.508 e. The molecule has 0 spiro atoms. The molecule has 2 N–H and O–H groups in total. The molecule has 0 aromatic heterocycles. The predicted octanol–water partition coefficient (Wildman–Crippen LogP) is 4.09. The van der Waals surface area contributed by atoms with Crippen molar-refractivity contribution in [2.24, 2.45) is 0 Å². The van der Waals surface area contributed by atoms with Crippen molar-refractivity contribution < 1.29 is 10.0 Å². The van der Waals surface area contributed by atoms with Crippen molar-refractivity contribution in [3.63, 3.8) is 0 Å². The van der Waals surface area contributed by atoms with Gasteiger partial charge in [0.05, 0.1) is 11.0 Å². The lowest BCUT2D eigenvalue weighted by Gasteiger charge is -2.18. The number of nitro groups is 1. The van der Waals surface area contributed by atoms with Gasteiger partial charge >= 0.3 is 0 Å². The van der Waals surface area contributed by atoms with Crippen LogP contribution in [-0.4, -0.2) is 10.0 Å². The lowest BCUT2D eigenvalue weighted by Crippen LogP contribution is -2.10. The summed E-state index contributed by atoms with van der Waals surface area (Å²) in [5, 5.41) is 23.6. The molecule has 0 saturated heterocycles. The molecule has 0 aliphatic carbocycles. The number of phenols is 1. The number of hydrogen-bond donors (Lipinski definition) is 2. The van der Waals surface area contributed by atoms with Gasteiger partial charge in [-0.3, -0.25) is 10.1 Å². The summed E-state index contributed by atoms with van der Waals surface area (Å²) in [7, 11) is 0. The highest BCUT2D eigenvalue weighted by Gasteiger charge is 2.17. The smallest absolute Gasteiger partial charge is 0.296 e. The van der Waals surface area contributed by atoms with Crippen LogP contribution in [0.15, 0.2) is 36.4 Å². The van der Waals surface area contributed by atoms with Crippen LogP contribution in [-0.2, 0) is 0 Å². The van der Waals surface area contributed by atoms with E-state index in [1.165, 1.54) is 12.1 Å². The summed E-state index contributed by atoms with van der Waals surface area (Å²) >= 11 is 0. The molecular formula is C16H18N2O3. The highest BCUT2D eigenvalue weighted by Crippen LogP contribution is 2.32. The molecule has 0 amide bonds. The van der Waals surface area contributed by atoms with E-state index in [4.69, 9.17) is 0 Å². The van der Waals surface area contributed by atoms with Gasteiger partial charge in [-0.05, 0) is 44.0 Å². The highest BCUT2D eigenvalue weighted by molar-refractivity contribution is 5.64. The largest absolute Gasteiger partial charge is 0.508 e. The van der Waals surface area contributed by atoms with E-state index in [1.807, 2.05) is 32.9 Å². The van der Waals surface area contributed by atoms with Crippen LogP contribution in [0.1, 0.15) is 29.7 Å². The lowest BCUT2D eigenvalue weighted by atomic mass is 9.99. The Morgan fingerprint density at radius 3 is 2.57 bits per heavy atom. The first kappa shape index (κ1) is 14.8. The third-order valence-corrected chi connectivity index (χ3v) is 3.45. The van der Waals surface area contributed by atoms with E-state index in [0.717, 1.165) is 22.8 Å². The Kier molecular flexibility index (Phi) is 4.12. The van der Waals surface area contributed by atoms with Gasteiger partial charge in [0.2, 0.25) is 0 Å². The van der Waals surface area contributed by atoms with Crippen LogP contribution in [0.2, 0.25) is 0 Å². The number of nitrogens with zero attached hydrogens (tertiary/aromatic N) is 1. The fourth-order valence-corrected chi connectivity index (χ4v) is 2.33. The summed E-state index contributed by atoms with van der Waals surface area (Å²) in [4.78, 5) is 10.6. The maximum absolute atomic E-state index is 11.1. The molecule has 0 bridgehead atoms. The number of benzene rings is 2. The molecule has 2 aromatic rings. The Balaban J connectivity index is 2.33. The molecule has 5 heteroatoms. The van der Waals surface area contributed by atoms with Crippen molar-refractivity contribution in [1.82, 2.24) is 0 Å². The molecule has 0 aliphatic rings. The Morgan fingerprint density at radius 1 is 1.19 bits per heavy atom. The second kappa shape index (κ2) is 5.83. The monoisotopic (exact) mass is 286 g/mol. The molecule has 0 fully saturated rings. The molecule has 1 atom stereocenters. The van der Waals surface area contributed by atoms with Crippen molar-refractivity contribution in [2.75, 3.05) is 5.32 Å². The molecule has 0 aliphatic heterocycles. The Hall–Kier alpha value is -2.56. The van der Waals surface area contributed by atoms with E-state index in [1.54, 1.807) is 0 Å². The minimum atomic E-state index is -0.502. The lowest BCUT2D eigenvalue weighted by molar-refractivity contribution is -0.384. The predicted molar refractivity (Wildman–Crippen MR) is 82.7 cm³/mol. The average Bonchev–Trinajstić information content (AvgIpc) is 2.43. The molecule has 21 heavy (non-hydrogen) atoms. The van der Waals surface area contributed by atoms with Crippen LogP contribution in [0.25, 0.3) is 0 Å². The topological polar surface area (TPSA) is 75.4 Å². The van der Waals surface area contributed by atoms with E-state index in [9.17, 15) is 15.2 Å². The summed E-state index contributed by atoms with van der Waals surface area (Å²) < 4.78 is 0. The van der Waals surface area contributed by atoms with Crippen LogP contribution in [0, 0.1) is 24.0 Å². The number of nitro benzene ring substituents is 1. The molecule has 2 aromatic carbocycles. The minimum absolute atomic E-state index is 0.0758. The zero-order valence-corrected chi connectivity index (χ0v) is 12.3. The van der Waals surface area contributed by atoms with E-state index < -0.39 is 4.92 Å². The first-order valence-electron chi connectivity index (χ1n) is 6.69. The normalized spacial score (nSPS) is 12.0. The first-order chi connectivity index (χ1) is 9.88. The molecular weight excluding hydrogens is 268 g/mol. The summed E-state index contributed by atoms with van der Waals surface area (Å²) in [6, 6.07) is 10.2. The van der Waals surface area contributed by atoms with E-state index >= 15 is 0 Å². The molecule has 0 saturated carbocycles. The van der Waals surface area contributed by atoms with Crippen molar-refractivity contribution in [2.45, 2.75) is 26.8 Å². The Morgan fingerprint density at radius 2 is 1.90 bits per heavy atom. The molecule has 0 heterocycles. The van der Waals surface area contributed by atoms with Crippen molar-refractivity contribution in [1.29, 1.82) is 0 Å². The third kappa shape index (κ3) is 3.31. The van der Waals surface area contributed by atoms with E-state index in [2.05, 4.69) is 11.4 Å². The van der Waals surface area contributed by atoms with Crippen LogP contribution < -0.4 is 5.32 Å². The zero-order valence-electron chi connectivity index (χ0n) is 12.3. The second-order valence-corrected chi connectivity index (χ2v) is 5.18. The summed E-state index contributed by atoms with van der Waals surface area (Å²) in [5.74, 6) is -0.119. The first-order valence-corrected chi connectivity index (χ1v) is 6.69. The Bertz CT molecular complexity index is 683. The maximum atomic E-state index is 11.1. The van der Waals surface area contributed by atoms with Crippen LogP contribution in [0.4, 0.5) is 11.4 Å². The van der Waals surface area contributed by atoms with Crippen LogP contribution in [0.3, 0.4) is 0 Å². The Labute approximate surface area is 123 Å². The molecule has 1 unspecified atom stereocenters. The van der Waals surface area contributed by atoms with Crippen molar-refractivity contribution in [3.05, 3.63) is 63.2 Å². The van der Waals surface area contributed by atoms with Crippen LogP contribution >= 0.6 is 0 Å². The van der Waals surface area contributed by atoms with Gasteiger partial charge in [-0.1, -0.05) is 23.8 Å². The maximum Gasteiger partial charge on any atom is 0.296 e. The number of phenolic OH excluding ortho intramolecular Hbond substituents is 1. The van der Waals surface area contributed by atoms with Gasteiger partial charge in [0, 0.05) is 6.04 Å². The van der Waals surface area contributed by atoms with E-state index in [-0.39, 0.29) is 17.5 Å². The van der Waals surface area contributed by atoms with Gasteiger partial charge in [-0.2, -0.15) is 0 Å². The van der Waals surface area contributed by atoms with E-state index in [0.29, 0.717) is 5.69 Å². The van der Waals surface area contributed by atoms with Gasteiger partial charge in [-0.25, -0.2) is 0 Å². The number of rotatable bonds is 4. The second-order valence-electron chi connectivity index (χ2n) is 5.18. The van der Waals surface area contributed by atoms with Gasteiger partial charge in [0.1, 0.15) is 11.4 Å². The quantitative estimate of drug-likeness (QED) is 0.504. The summed E-state index contributed by atoms with van der Waals surface area (Å²) in [6.45, 7) is 5.98. The number of hydrogen-bond acceptors (Lipinski definition) is 4. The molecule has 0 radical (unpaired) electrons. The van der Waals surface area contributed by atoms with Gasteiger partial charge < -0.3 is 10.4 Å². The fraction of sp³-hybridized carbons (Fsp3) is 0.250. The SMILES string of the molecule is Cc1ccc(C)c(C(C)Nc2ccc(O)cc2[N+](=O)[O-])c1. The molecule has 110 valence electrons. The van der Waals surface area contributed by atoms with Gasteiger partial charge in [0.25, 0.3) is 5.69 Å². The summed E-state index contributed by atoms with van der Waals surface area (Å²) in [6.07, 6.45) is 0. The third-order valence-electron chi connectivity index (χ3n) is 3.45. The fourth-order valence-electron chi connectivity index (χ4n) is 2.33. The van der Waals surface area contributed by atoms with Crippen molar-refractivity contribution in [3.8, 4) is 5.75 Å². The van der Waals surface area contributed by atoms with Gasteiger partial charge in [-0.15, -0.1) is 0 Å². The molecule has 5 nitrogen and oxygen atoms in total. The van der Waals surface area contributed by atoms with Crippen molar-refractivity contribution >= 4 is 11.4 Å². The summed E-state index contributed by atoms with van der Waals surface area (Å²) in [5.41, 5.74) is 3.63. The highest BCUT2D eigenvalue weighted by atomic mass is 16.6. The van der Waals surface area contributed by atoms with Crippen LogP contribution in [0.5, 0.6) is 5.75 Å². The zero-order chi connectivity index (χ0) is 15.6. The number of anilines is 1. The molecule has 2 rings (SSSR count). The number of nitrogens with one attached hydrogen (secondary N) is 1. The number of aryl methyl sites for hydroxylation is 2. The standard InChI is InChI=1S/C16H18N2O3/c1-10-4-5-11(2)14(8-10)12(3)17-15-7-6-13(19)9-16(15)18(20)21/h4-9,12,17,19H,1-3H3. The number of aromatic hydroxyl groups is 1. The average molecular weight is 286 g/mol. The van der Waals surface area contributed by atoms with Gasteiger partial charge in [0.15, 0.2) is 0 Å².